The zero-order chi connectivity index (χ0) is 14.5. The van der Waals surface area contributed by atoms with Gasteiger partial charge in [0.2, 0.25) is 5.91 Å². The fraction of sp³-hybridized carbons (Fsp3) is 0.636. The van der Waals surface area contributed by atoms with Gasteiger partial charge in [-0.2, -0.15) is 13.2 Å². The van der Waals surface area contributed by atoms with Gasteiger partial charge in [0.15, 0.2) is 0 Å². The third-order valence-electron chi connectivity index (χ3n) is 2.47. The number of carbonyl (C=O) groups is 1. The van der Waals surface area contributed by atoms with Crippen LogP contribution in [0.2, 0.25) is 0 Å². The van der Waals surface area contributed by atoms with Gasteiger partial charge in [-0.05, 0) is 13.3 Å². The minimum absolute atomic E-state index is 0.133. The fourth-order valence-corrected chi connectivity index (χ4v) is 2.27. The number of amides is 1. The molecular weight excluding hydrogens is 279 g/mol. The minimum atomic E-state index is -4.39. The molecule has 8 heteroatoms. The van der Waals surface area contributed by atoms with Crippen molar-refractivity contribution in [2.75, 3.05) is 6.54 Å². The Balaban J connectivity index is 2.49. The van der Waals surface area contributed by atoms with Crippen LogP contribution in [0.25, 0.3) is 0 Å². The van der Waals surface area contributed by atoms with Crippen molar-refractivity contribution < 1.29 is 18.0 Å². The lowest BCUT2D eigenvalue weighted by atomic mass is 10.2. The fourth-order valence-electron chi connectivity index (χ4n) is 1.49. The summed E-state index contributed by atoms with van der Waals surface area (Å²) < 4.78 is 36.0. The highest BCUT2D eigenvalue weighted by Crippen LogP contribution is 2.19. The first-order valence-electron chi connectivity index (χ1n) is 5.83. The van der Waals surface area contributed by atoms with Crippen LogP contribution >= 0.6 is 11.3 Å². The van der Waals surface area contributed by atoms with E-state index < -0.39 is 24.7 Å². The van der Waals surface area contributed by atoms with Crippen LogP contribution in [-0.4, -0.2) is 29.7 Å². The zero-order valence-electron chi connectivity index (χ0n) is 10.6. The first-order valence-corrected chi connectivity index (χ1v) is 6.71. The molecule has 0 aliphatic carbocycles. The predicted octanol–water partition coefficient (Wildman–Crippen LogP) is 2.25. The summed E-state index contributed by atoms with van der Waals surface area (Å²) in [6, 6.07) is -0.845. The molecule has 19 heavy (non-hydrogen) atoms. The molecule has 0 aromatic carbocycles. The van der Waals surface area contributed by atoms with E-state index in [2.05, 4.69) is 10.3 Å². The molecule has 2 atom stereocenters. The van der Waals surface area contributed by atoms with E-state index in [4.69, 9.17) is 0 Å². The smallest absolute Gasteiger partial charge is 0.346 e. The number of nitrogens with one attached hydrogen (secondary N) is 2. The van der Waals surface area contributed by atoms with Gasteiger partial charge in [-0.3, -0.25) is 10.1 Å². The van der Waals surface area contributed by atoms with Crippen LogP contribution in [0.5, 0.6) is 0 Å². The molecule has 0 spiro atoms. The summed E-state index contributed by atoms with van der Waals surface area (Å²) in [5, 5.41) is 7.46. The normalized spacial score (nSPS) is 15.0. The van der Waals surface area contributed by atoms with E-state index in [1.165, 1.54) is 18.3 Å². The molecule has 2 N–H and O–H groups in total. The summed E-state index contributed by atoms with van der Waals surface area (Å²) in [4.78, 5) is 15.6. The standard InChI is InChI=1S/C11H16F3N3OS/c1-3-8(10-15-4-5-19-10)17-7(2)9(18)16-6-11(12,13)14/h4-5,7-8,17H,3,6H2,1-2H3,(H,16,18). The number of hydrogen-bond donors (Lipinski definition) is 2. The first kappa shape index (κ1) is 15.9. The first-order chi connectivity index (χ1) is 8.83. The van der Waals surface area contributed by atoms with Crippen molar-refractivity contribution in [3.05, 3.63) is 16.6 Å². The van der Waals surface area contributed by atoms with E-state index >= 15 is 0 Å². The maximum Gasteiger partial charge on any atom is 0.405 e. The summed E-state index contributed by atoms with van der Waals surface area (Å²) >= 11 is 1.44. The molecule has 1 aromatic rings. The molecule has 4 nitrogen and oxygen atoms in total. The number of alkyl halides is 3. The quantitative estimate of drug-likeness (QED) is 0.846. The van der Waals surface area contributed by atoms with Crippen LogP contribution < -0.4 is 10.6 Å². The van der Waals surface area contributed by atoms with Gasteiger partial charge in [0.1, 0.15) is 11.6 Å². The molecule has 0 fully saturated rings. The van der Waals surface area contributed by atoms with E-state index in [-0.39, 0.29) is 6.04 Å². The van der Waals surface area contributed by atoms with E-state index in [0.717, 1.165) is 5.01 Å². The van der Waals surface area contributed by atoms with Crippen molar-refractivity contribution in [1.82, 2.24) is 15.6 Å². The molecular formula is C11H16F3N3OS. The van der Waals surface area contributed by atoms with Gasteiger partial charge in [-0.25, -0.2) is 4.98 Å². The number of aromatic nitrogens is 1. The highest BCUT2D eigenvalue weighted by Gasteiger charge is 2.29. The van der Waals surface area contributed by atoms with Crippen molar-refractivity contribution in [3.8, 4) is 0 Å². The van der Waals surface area contributed by atoms with Crippen molar-refractivity contribution in [1.29, 1.82) is 0 Å². The monoisotopic (exact) mass is 295 g/mol. The highest BCUT2D eigenvalue weighted by atomic mass is 32.1. The van der Waals surface area contributed by atoms with E-state index in [9.17, 15) is 18.0 Å². The molecule has 0 saturated heterocycles. The van der Waals surface area contributed by atoms with Crippen LogP contribution in [0.3, 0.4) is 0 Å². The molecule has 0 aliphatic rings. The van der Waals surface area contributed by atoms with Gasteiger partial charge >= 0.3 is 6.18 Å². The molecule has 0 saturated carbocycles. The van der Waals surface area contributed by atoms with Crippen molar-refractivity contribution in [2.24, 2.45) is 0 Å². The van der Waals surface area contributed by atoms with Crippen LogP contribution in [0, 0.1) is 0 Å². The van der Waals surface area contributed by atoms with Gasteiger partial charge in [-0.15, -0.1) is 11.3 Å². The van der Waals surface area contributed by atoms with Gasteiger partial charge in [0.05, 0.1) is 12.1 Å². The number of halogens is 3. The van der Waals surface area contributed by atoms with Crippen LogP contribution in [0.1, 0.15) is 31.3 Å². The second kappa shape index (κ2) is 6.85. The van der Waals surface area contributed by atoms with Crippen LogP contribution in [-0.2, 0) is 4.79 Å². The summed E-state index contributed by atoms with van der Waals surface area (Å²) in [6.07, 6.45) is -2.04. The summed E-state index contributed by atoms with van der Waals surface area (Å²) in [6.45, 7) is 2.13. The average molecular weight is 295 g/mol. The third-order valence-corrected chi connectivity index (χ3v) is 3.35. The SMILES string of the molecule is CCC(NC(C)C(=O)NCC(F)(F)F)c1nccs1. The summed E-state index contributed by atoms with van der Waals surface area (Å²) in [5.74, 6) is -0.674. The predicted molar refractivity (Wildman–Crippen MR) is 66.8 cm³/mol. The second-order valence-electron chi connectivity index (χ2n) is 4.05. The molecule has 0 aliphatic heterocycles. The van der Waals surface area contributed by atoms with Crippen molar-refractivity contribution in [3.63, 3.8) is 0 Å². The molecule has 1 amide bonds. The summed E-state index contributed by atoms with van der Waals surface area (Å²) in [5.41, 5.74) is 0. The Bertz CT molecular complexity index is 394. The summed E-state index contributed by atoms with van der Waals surface area (Å²) in [7, 11) is 0. The topological polar surface area (TPSA) is 54.0 Å². The van der Waals surface area contributed by atoms with Gasteiger partial charge in [-0.1, -0.05) is 6.92 Å². The highest BCUT2D eigenvalue weighted by molar-refractivity contribution is 7.09. The van der Waals surface area contributed by atoms with Gasteiger partial charge in [0.25, 0.3) is 0 Å². The second-order valence-corrected chi connectivity index (χ2v) is 4.98. The van der Waals surface area contributed by atoms with Crippen LogP contribution in [0.4, 0.5) is 13.2 Å². The van der Waals surface area contributed by atoms with Gasteiger partial charge < -0.3 is 5.32 Å². The maximum atomic E-state index is 12.0. The molecule has 108 valence electrons. The maximum absolute atomic E-state index is 12.0. The average Bonchev–Trinajstić information content (AvgIpc) is 2.85. The van der Waals surface area contributed by atoms with E-state index in [1.54, 1.807) is 6.20 Å². The largest absolute Gasteiger partial charge is 0.405 e. The Morgan fingerprint density at radius 2 is 2.21 bits per heavy atom. The number of nitrogens with zero attached hydrogens (tertiary/aromatic N) is 1. The number of hydrogen-bond acceptors (Lipinski definition) is 4. The van der Waals surface area contributed by atoms with Gasteiger partial charge in [0, 0.05) is 11.6 Å². The molecule has 1 heterocycles. The zero-order valence-corrected chi connectivity index (χ0v) is 11.4. The van der Waals surface area contributed by atoms with Crippen LogP contribution in [0.15, 0.2) is 11.6 Å². The number of thiazole rings is 1. The minimum Gasteiger partial charge on any atom is -0.346 e. The Labute approximate surface area is 113 Å². The Hall–Kier alpha value is -1.15. The lowest BCUT2D eigenvalue weighted by Crippen LogP contribution is -2.46. The molecule has 2 unspecified atom stereocenters. The molecule has 0 radical (unpaired) electrons. The van der Waals surface area contributed by atoms with E-state index in [0.29, 0.717) is 6.42 Å². The molecule has 1 aromatic heterocycles. The molecule has 0 bridgehead atoms. The Morgan fingerprint density at radius 3 is 2.68 bits per heavy atom. The Kier molecular flexibility index (Phi) is 5.74. The van der Waals surface area contributed by atoms with Crippen molar-refractivity contribution >= 4 is 17.2 Å². The lowest BCUT2D eigenvalue weighted by Gasteiger charge is -2.20. The molecule has 1 rings (SSSR count). The number of carbonyl (C=O) groups excluding carboxylic acids is 1. The van der Waals surface area contributed by atoms with Crippen molar-refractivity contribution in [2.45, 2.75) is 38.5 Å². The van der Waals surface area contributed by atoms with E-state index in [1.807, 2.05) is 17.6 Å². The number of rotatable bonds is 6. The lowest BCUT2D eigenvalue weighted by molar-refractivity contribution is -0.139. The third kappa shape index (κ3) is 5.56. The Morgan fingerprint density at radius 1 is 1.53 bits per heavy atom.